The van der Waals surface area contributed by atoms with E-state index in [1.807, 2.05) is 6.92 Å². The Bertz CT molecular complexity index is 1290. The molecule has 2 amide bonds. The highest BCUT2D eigenvalue weighted by Crippen LogP contribution is 2.51. The molecule has 2 aromatic rings. The molecule has 0 aromatic heterocycles. The predicted molar refractivity (Wildman–Crippen MR) is 145 cm³/mol. The van der Waals surface area contributed by atoms with Crippen molar-refractivity contribution in [1.29, 1.82) is 0 Å². The Balaban J connectivity index is 1.77. The molecule has 0 saturated heterocycles. The molecule has 1 aliphatic heterocycles. The van der Waals surface area contributed by atoms with Gasteiger partial charge in [0.2, 0.25) is 11.8 Å². The van der Waals surface area contributed by atoms with E-state index >= 15 is 0 Å². The van der Waals surface area contributed by atoms with Gasteiger partial charge in [-0.3, -0.25) is 9.59 Å². The minimum Gasteiger partial charge on any atom is -0.493 e. The van der Waals surface area contributed by atoms with Crippen LogP contribution >= 0.6 is 0 Å². The lowest BCUT2D eigenvalue weighted by Crippen LogP contribution is -2.56. The van der Waals surface area contributed by atoms with Crippen LogP contribution in [0.2, 0.25) is 0 Å². The normalized spacial score (nSPS) is 21.3. The smallest absolute Gasteiger partial charge is 0.247 e. The Hall–Kier alpha value is -3.73. The number of ether oxygens (including phenoxy) is 2. The van der Waals surface area contributed by atoms with Crippen molar-refractivity contribution in [1.82, 2.24) is 10.2 Å². The molecule has 2 aromatic carbocycles. The van der Waals surface area contributed by atoms with Crippen LogP contribution in [0.4, 0.5) is 4.39 Å². The van der Waals surface area contributed by atoms with Crippen LogP contribution in [-0.4, -0.2) is 77.1 Å². The number of hydrogen-bond donors (Lipinski definition) is 4. The van der Waals surface area contributed by atoms with Gasteiger partial charge in [0.25, 0.3) is 0 Å². The minimum absolute atomic E-state index is 0.00987. The molecule has 1 aliphatic carbocycles. The third-order valence-corrected chi connectivity index (χ3v) is 7.16. The van der Waals surface area contributed by atoms with E-state index in [0.717, 1.165) is 0 Å². The number of halogens is 1. The molecule has 0 bridgehead atoms. The van der Waals surface area contributed by atoms with Crippen molar-refractivity contribution in [2.45, 2.75) is 50.5 Å². The SMILES string of the molecule is CCC=CC(=O)N(CCc1cccc(F)c1)[C@@H]1C=C(C(=O)NCCO)[C@@H]2c3cc(CO)cc(OC)c3O[C@@H]2[C@H]1O. The highest BCUT2D eigenvalue weighted by atomic mass is 19.1. The number of rotatable bonds is 11. The van der Waals surface area contributed by atoms with Gasteiger partial charge in [0.15, 0.2) is 11.5 Å². The Kier molecular flexibility index (Phi) is 9.57. The molecule has 40 heavy (non-hydrogen) atoms. The average Bonchev–Trinajstić information content (AvgIpc) is 3.35. The maximum absolute atomic E-state index is 13.8. The van der Waals surface area contributed by atoms with E-state index in [-0.39, 0.29) is 37.8 Å². The van der Waals surface area contributed by atoms with Gasteiger partial charge in [-0.05, 0) is 60.4 Å². The summed E-state index contributed by atoms with van der Waals surface area (Å²) in [6.07, 6.45) is 3.45. The number of carbonyl (C=O) groups is 2. The fourth-order valence-corrected chi connectivity index (χ4v) is 5.28. The van der Waals surface area contributed by atoms with Crippen LogP contribution in [0.1, 0.15) is 36.0 Å². The number of aliphatic hydroxyl groups excluding tert-OH is 3. The minimum atomic E-state index is -1.24. The number of amides is 2. The maximum atomic E-state index is 13.8. The van der Waals surface area contributed by atoms with Crippen LogP contribution < -0.4 is 14.8 Å². The second kappa shape index (κ2) is 13.1. The summed E-state index contributed by atoms with van der Waals surface area (Å²) in [6.45, 7) is 1.50. The number of nitrogens with zero attached hydrogens (tertiary/aromatic N) is 1. The van der Waals surface area contributed by atoms with Gasteiger partial charge in [-0.15, -0.1) is 0 Å². The second-order valence-corrected chi connectivity index (χ2v) is 9.74. The van der Waals surface area contributed by atoms with Crippen LogP contribution in [0, 0.1) is 5.82 Å². The van der Waals surface area contributed by atoms with Crippen molar-refractivity contribution in [3.05, 3.63) is 82.7 Å². The molecule has 4 rings (SSSR count). The van der Waals surface area contributed by atoms with Gasteiger partial charge < -0.3 is 35.0 Å². The Labute approximate surface area is 232 Å². The molecule has 0 unspecified atom stereocenters. The summed E-state index contributed by atoms with van der Waals surface area (Å²) in [6, 6.07) is 8.47. The molecule has 2 aliphatic rings. The van der Waals surface area contributed by atoms with Gasteiger partial charge >= 0.3 is 0 Å². The summed E-state index contributed by atoms with van der Waals surface area (Å²) < 4.78 is 25.5. The van der Waals surface area contributed by atoms with E-state index in [1.54, 1.807) is 36.4 Å². The van der Waals surface area contributed by atoms with Crippen LogP contribution in [0.5, 0.6) is 11.5 Å². The average molecular weight is 555 g/mol. The molecule has 0 fully saturated rings. The zero-order chi connectivity index (χ0) is 28.8. The van der Waals surface area contributed by atoms with Crippen LogP contribution in [0.25, 0.3) is 0 Å². The van der Waals surface area contributed by atoms with Crippen molar-refractivity contribution < 1.29 is 38.8 Å². The van der Waals surface area contributed by atoms with Crippen molar-refractivity contribution in [3.63, 3.8) is 0 Å². The van der Waals surface area contributed by atoms with E-state index in [4.69, 9.17) is 9.47 Å². The Morgan fingerprint density at radius 2 is 2.00 bits per heavy atom. The number of allylic oxidation sites excluding steroid dienone is 1. The van der Waals surface area contributed by atoms with E-state index in [9.17, 15) is 29.3 Å². The van der Waals surface area contributed by atoms with E-state index in [2.05, 4.69) is 5.32 Å². The first-order chi connectivity index (χ1) is 19.3. The summed E-state index contributed by atoms with van der Waals surface area (Å²) in [5, 5.41) is 33.4. The summed E-state index contributed by atoms with van der Waals surface area (Å²) in [7, 11) is 1.46. The highest BCUT2D eigenvalue weighted by Gasteiger charge is 2.51. The molecule has 0 spiro atoms. The molecule has 4 N–H and O–H groups in total. The second-order valence-electron chi connectivity index (χ2n) is 9.74. The third kappa shape index (κ3) is 6.04. The van der Waals surface area contributed by atoms with Gasteiger partial charge in [0.05, 0.1) is 32.3 Å². The lowest BCUT2D eigenvalue weighted by molar-refractivity contribution is -0.132. The lowest BCUT2D eigenvalue weighted by Gasteiger charge is -2.40. The molecule has 9 nitrogen and oxygen atoms in total. The van der Waals surface area contributed by atoms with Crippen LogP contribution in [-0.2, 0) is 22.6 Å². The number of aliphatic hydroxyl groups is 3. The van der Waals surface area contributed by atoms with Crippen molar-refractivity contribution in [2.75, 3.05) is 26.8 Å². The van der Waals surface area contributed by atoms with Crippen LogP contribution in [0.15, 0.2) is 60.2 Å². The molecule has 1 heterocycles. The maximum Gasteiger partial charge on any atom is 0.247 e. The van der Waals surface area contributed by atoms with Crippen LogP contribution in [0.3, 0.4) is 0 Å². The zero-order valence-corrected chi connectivity index (χ0v) is 22.5. The first kappa shape index (κ1) is 29.3. The number of nitrogens with one attached hydrogen (secondary N) is 1. The summed E-state index contributed by atoms with van der Waals surface area (Å²) in [5.41, 5.74) is 2.05. The van der Waals surface area contributed by atoms with Crippen molar-refractivity contribution in [3.8, 4) is 11.5 Å². The summed E-state index contributed by atoms with van der Waals surface area (Å²) in [5.74, 6) is -1.27. The molecule has 0 radical (unpaired) electrons. The van der Waals surface area contributed by atoms with Crippen molar-refractivity contribution >= 4 is 11.8 Å². The molecular weight excluding hydrogens is 519 g/mol. The lowest BCUT2D eigenvalue weighted by atomic mass is 9.77. The number of benzene rings is 2. The summed E-state index contributed by atoms with van der Waals surface area (Å²) >= 11 is 0. The predicted octanol–water partition coefficient (Wildman–Crippen LogP) is 1.99. The summed E-state index contributed by atoms with van der Waals surface area (Å²) in [4.78, 5) is 28.2. The number of methoxy groups -OCH3 is 1. The topological polar surface area (TPSA) is 129 Å². The van der Waals surface area contributed by atoms with Gasteiger partial charge in [0, 0.05) is 24.2 Å². The van der Waals surface area contributed by atoms with E-state index in [1.165, 1.54) is 30.2 Å². The Morgan fingerprint density at radius 3 is 2.67 bits per heavy atom. The van der Waals surface area contributed by atoms with Gasteiger partial charge in [-0.1, -0.05) is 25.1 Å². The fourth-order valence-electron chi connectivity index (χ4n) is 5.28. The molecule has 214 valence electrons. The first-order valence-electron chi connectivity index (χ1n) is 13.3. The molecule has 10 heteroatoms. The van der Waals surface area contributed by atoms with E-state index in [0.29, 0.717) is 41.0 Å². The standard InChI is InChI=1S/C30H35FN2O7/c1-3-4-8-25(36)33(11-9-18-6-5-7-20(31)13-18)23-16-22(30(38)32-10-12-34)26-21-14-19(17-35)15-24(39-2)28(21)40-29(26)27(23)37/h4-8,13-16,23,26-27,29,34-35,37H,3,9-12,17H2,1-2H3,(H,32,38)/t23-,26+,27+,29+/m1/s1. The molecular formula is C30H35FN2O7. The molecule has 4 atom stereocenters. The zero-order valence-electron chi connectivity index (χ0n) is 22.5. The monoisotopic (exact) mass is 554 g/mol. The Morgan fingerprint density at radius 1 is 1.20 bits per heavy atom. The quantitative estimate of drug-likeness (QED) is 0.313. The largest absolute Gasteiger partial charge is 0.493 e. The number of carbonyl (C=O) groups excluding carboxylic acids is 2. The number of fused-ring (bicyclic) bond motifs is 3. The van der Waals surface area contributed by atoms with E-state index < -0.39 is 35.9 Å². The number of hydrogen-bond acceptors (Lipinski definition) is 7. The highest BCUT2D eigenvalue weighted by molar-refractivity contribution is 5.96. The third-order valence-electron chi connectivity index (χ3n) is 7.16. The molecule has 0 saturated carbocycles. The van der Waals surface area contributed by atoms with Gasteiger partial charge in [0.1, 0.15) is 18.0 Å². The van der Waals surface area contributed by atoms with Gasteiger partial charge in [-0.2, -0.15) is 0 Å². The fraction of sp³-hybridized carbons (Fsp3) is 0.400. The van der Waals surface area contributed by atoms with Crippen molar-refractivity contribution in [2.24, 2.45) is 0 Å². The van der Waals surface area contributed by atoms with Gasteiger partial charge in [-0.25, -0.2) is 4.39 Å². The first-order valence-corrected chi connectivity index (χ1v) is 13.3.